The Bertz CT molecular complexity index is 800. The fourth-order valence-electron chi connectivity index (χ4n) is 2.09. The molecule has 120 valence electrons. The first kappa shape index (κ1) is 17.1. The van der Waals surface area contributed by atoms with Crippen molar-refractivity contribution in [3.05, 3.63) is 60.4 Å². The van der Waals surface area contributed by atoms with Crippen LogP contribution in [0.1, 0.15) is 5.69 Å². The average Bonchev–Trinajstić information content (AvgIpc) is 2.47. The Labute approximate surface area is 134 Å². The molecule has 0 aliphatic heterocycles. The van der Waals surface area contributed by atoms with E-state index in [-0.39, 0.29) is 5.75 Å². The summed E-state index contributed by atoms with van der Waals surface area (Å²) in [5.74, 6) is 0.193. The van der Waals surface area contributed by atoms with Gasteiger partial charge in [0.25, 0.3) is 0 Å². The first-order chi connectivity index (χ1) is 10.8. The lowest BCUT2D eigenvalue weighted by Crippen LogP contribution is -2.68. The molecule has 3 aromatic rings. The standard InChI is InChI=1S/C15H12N2O.ClHO4/c1-11-10-13(12-6-3-2-4-7-12)17-9-5-8-14(18)15(17)16-11;2-1(3,4)5/h2-10H,1H3;(H,2,3,4,5). The van der Waals surface area contributed by atoms with E-state index in [1.165, 1.54) is 0 Å². The highest BCUT2D eigenvalue weighted by Crippen LogP contribution is 2.19. The Kier molecular flexibility index (Phi) is 5.09. The Morgan fingerprint density at radius 2 is 1.61 bits per heavy atom. The zero-order chi connectivity index (χ0) is 17.0. The van der Waals surface area contributed by atoms with Crippen LogP contribution in [-0.2, 0) is 0 Å². The van der Waals surface area contributed by atoms with Gasteiger partial charge in [0.05, 0.1) is 6.20 Å². The summed E-state index contributed by atoms with van der Waals surface area (Å²) in [6, 6.07) is 15.6. The van der Waals surface area contributed by atoms with Crippen molar-refractivity contribution in [1.82, 2.24) is 4.98 Å². The second kappa shape index (κ2) is 6.86. The monoisotopic (exact) mass is 336 g/mol. The van der Waals surface area contributed by atoms with Crippen molar-refractivity contribution in [2.75, 3.05) is 0 Å². The smallest absolute Gasteiger partial charge is 0.370 e. The Balaban J connectivity index is 0.000000338. The van der Waals surface area contributed by atoms with Gasteiger partial charge >= 0.3 is 5.65 Å². The van der Waals surface area contributed by atoms with Crippen molar-refractivity contribution >= 4 is 5.65 Å². The molecule has 0 aliphatic rings. The minimum atomic E-state index is -4.94. The Morgan fingerprint density at radius 1 is 1.00 bits per heavy atom. The summed E-state index contributed by atoms with van der Waals surface area (Å²) in [6.45, 7) is 1.93. The summed E-state index contributed by atoms with van der Waals surface area (Å²) in [5.41, 5.74) is 3.59. The maximum absolute atomic E-state index is 9.88. The fraction of sp³-hybridized carbons (Fsp3) is 0.0667. The van der Waals surface area contributed by atoms with Gasteiger partial charge in [-0.25, -0.2) is 18.6 Å². The lowest BCUT2D eigenvalue weighted by molar-refractivity contribution is -2.00. The molecule has 7 nitrogen and oxygen atoms in total. The zero-order valence-electron chi connectivity index (χ0n) is 12.0. The number of halogens is 1. The molecule has 0 radical (unpaired) electrons. The van der Waals surface area contributed by atoms with E-state index < -0.39 is 10.2 Å². The van der Waals surface area contributed by atoms with Crippen molar-refractivity contribution < 1.29 is 38.4 Å². The molecule has 0 saturated heterocycles. The highest BCUT2D eigenvalue weighted by Gasteiger charge is 2.16. The van der Waals surface area contributed by atoms with Crippen LogP contribution in [0.4, 0.5) is 0 Å². The number of benzene rings is 1. The Morgan fingerprint density at radius 3 is 2.22 bits per heavy atom. The fourth-order valence-corrected chi connectivity index (χ4v) is 2.09. The van der Waals surface area contributed by atoms with Crippen LogP contribution in [0.25, 0.3) is 16.9 Å². The zero-order valence-corrected chi connectivity index (χ0v) is 12.8. The molecule has 0 unspecified atom stereocenters. The third kappa shape index (κ3) is 4.85. The third-order valence-electron chi connectivity index (χ3n) is 2.90. The predicted molar refractivity (Wildman–Crippen MR) is 69.2 cm³/mol. The molecule has 2 heterocycles. The third-order valence-corrected chi connectivity index (χ3v) is 2.90. The molecule has 0 aliphatic carbocycles. The Hall–Kier alpha value is -2.29. The van der Waals surface area contributed by atoms with Crippen LogP contribution >= 0.6 is 0 Å². The summed E-state index contributed by atoms with van der Waals surface area (Å²) in [7, 11) is -4.94. The largest absolute Gasteiger partial charge is 0.501 e. The average molecular weight is 337 g/mol. The van der Waals surface area contributed by atoms with Crippen molar-refractivity contribution in [2.45, 2.75) is 6.92 Å². The van der Waals surface area contributed by atoms with Gasteiger partial charge in [-0.05, 0) is 17.1 Å². The van der Waals surface area contributed by atoms with Gasteiger partial charge in [-0.3, -0.25) is 0 Å². The molecule has 23 heavy (non-hydrogen) atoms. The quantitative estimate of drug-likeness (QED) is 0.499. The number of aromatic hydroxyl groups is 1. The van der Waals surface area contributed by atoms with E-state index in [9.17, 15) is 5.11 Å². The molecular weight excluding hydrogens is 324 g/mol. The predicted octanol–water partition coefficient (Wildman–Crippen LogP) is -2.25. The van der Waals surface area contributed by atoms with E-state index in [0.29, 0.717) is 5.65 Å². The second-order valence-corrected chi connectivity index (χ2v) is 5.37. The summed E-state index contributed by atoms with van der Waals surface area (Å²) in [5, 5.41) is 9.88. The van der Waals surface area contributed by atoms with Crippen molar-refractivity contribution in [1.29, 1.82) is 0 Å². The molecular formula is C15H13ClN2O5. The molecule has 0 bridgehead atoms. The lowest BCUT2D eigenvalue weighted by Gasteiger charge is -2.17. The molecule has 0 spiro atoms. The highest BCUT2D eigenvalue weighted by atomic mass is 35.7. The van der Waals surface area contributed by atoms with Crippen LogP contribution in [0.5, 0.6) is 5.75 Å². The van der Waals surface area contributed by atoms with Gasteiger partial charge in [0.1, 0.15) is 5.69 Å². The molecule has 0 amide bonds. The summed E-state index contributed by atoms with van der Waals surface area (Å²) in [4.78, 5) is 4.37. The van der Waals surface area contributed by atoms with Gasteiger partial charge in [0.2, 0.25) is 5.75 Å². The first-order valence-corrected chi connectivity index (χ1v) is 7.67. The van der Waals surface area contributed by atoms with Crippen LogP contribution in [0.15, 0.2) is 54.7 Å². The highest BCUT2D eigenvalue weighted by molar-refractivity contribution is 5.59. The van der Waals surface area contributed by atoms with Gasteiger partial charge in [-0.15, -0.1) is 10.2 Å². The molecule has 1 N–H and O–H groups in total. The second-order valence-electron chi connectivity index (χ2n) is 4.61. The van der Waals surface area contributed by atoms with Crippen LogP contribution in [0.3, 0.4) is 0 Å². The molecule has 0 fully saturated rings. The van der Waals surface area contributed by atoms with E-state index >= 15 is 0 Å². The minimum Gasteiger partial charge on any atom is -0.501 e. The summed E-state index contributed by atoms with van der Waals surface area (Å²) in [6.07, 6.45) is 1.91. The van der Waals surface area contributed by atoms with E-state index in [4.69, 9.17) is 18.6 Å². The van der Waals surface area contributed by atoms with Gasteiger partial charge in [-0.1, -0.05) is 30.3 Å². The van der Waals surface area contributed by atoms with Crippen LogP contribution < -0.4 is 23.0 Å². The number of pyridine rings is 1. The van der Waals surface area contributed by atoms with E-state index in [0.717, 1.165) is 17.0 Å². The van der Waals surface area contributed by atoms with Gasteiger partial charge in [-0.2, -0.15) is 4.40 Å². The normalized spacial score (nSPS) is 11.0. The topological polar surface area (TPSA) is 129 Å². The summed E-state index contributed by atoms with van der Waals surface area (Å²) >= 11 is 0. The lowest BCUT2D eigenvalue weighted by atomic mass is 10.1. The SMILES string of the molecule is Cc1cc(-c2ccccc2)[n+]2cccc(O)c2n1.[O-][Cl+3]([O-])([O-])[O-]. The van der Waals surface area contributed by atoms with E-state index in [1.54, 1.807) is 6.07 Å². The van der Waals surface area contributed by atoms with E-state index in [2.05, 4.69) is 4.98 Å². The number of nitrogens with zero attached hydrogens (tertiary/aromatic N) is 2. The summed E-state index contributed by atoms with van der Waals surface area (Å²) < 4.78 is 35.9. The van der Waals surface area contributed by atoms with Crippen LogP contribution in [0.2, 0.25) is 0 Å². The molecule has 8 heteroatoms. The number of fused-ring (bicyclic) bond motifs is 1. The van der Waals surface area contributed by atoms with Crippen molar-refractivity contribution in [2.24, 2.45) is 0 Å². The molecule has 0 saturated carbocycles. The van der Waals surface area contributed by atoms with Crippen molar-refractivity contribution in [3.63, 3.8) is 0 Å². The molecule has 1 aromatic carbocycles. The van der Waals surface area contributed by atoms with Crippen LogP contribution in [0, 0.1) is 17.2 Å². The number of aromatic nitrogens is 2. The van der Waals surface area contributed by atoms with Crippen molar-refractivity contribution in [3.8, 4) is 17.0 Å². The number of hydrogen-bond donors (Lipinski definition) is 1. The molecule has 2 aromatic heterocycles. The first-order valence-electron chi connectivity index (χ1n) is 6.44. The minimum absolute atomic E-state index is 0.193. The van der Waals surface area contributed by atoms with E-state index in [1.807, 2.05) is 60.0 Å². The number of hydrogen-bond acceptors (Lipinski definition) is 6. The van der Waals surface area contributed by atoms with Gasteiger partial charge < -0.3 is 5.11 Å². The van der Waals surface area contributed by atoms with Crippen LogP contribution in [-0.4, -0.2) is 10.1 Å². The van der Waals surface area contributed by atoms with Gasteiger partial charge in [0.15, 0.2) is 5.69 Å². The molecule has 3 rings (SSSR count). The maximum Gasteiger partial charge on any atom is 0.370 e. The van der Waals surface area contributed by atoms with Gasteiger partial charge in [0, 0.05) is 18.6 Å². The maximum atomic E-state index is 9.88. The number of rotatable bonds is 1. The molecule has 0 atom stereocenters. The number of aryl methyl sites for hydroxylation is 1.